The summed E-state index contributed by atoms with van der Waals surface area (Å²) in [4.78, 5) is 15.7. The molecular weight excluding hydrogens is 549 g/mol. The van der Waals surface area contributed by atoms with Gasteiger partial charge in [0, 0.05) is 32.0 Å². The molecule has 1 aliphatic carbocycles. The summed E-state index contributed by atoms with van der Waals surface area (Å²) in [6, 6.07) is 22.1. The van der Waals surface area contributed by atoms with E-state index in [0.29, 0.717) is 11.3 Å². The lowest BCUT2D eigenvalue weighted by molar-refractivity contribution is -0.124. The monoisotopic (exact) mass is 591 g/mol. The molecule has 0 bridgehead atoms. The lowest BCUT2D eigenvalue weighted by Gasteiger charge is -2.28. The normalized spacial score (nSPS) is 20.7. The number of hydrogen-bond donors (Lipinski definition) is 0. The first-order chi connectivity index (χ1) is 20.3. The number of sulfone groups is 1. The number of hydrogen-bond acceptors (Lipinski definition) is 5. The maximum absolute atomic E-state index is 13.2. The maximum Gasteiger partial charge on any atom is 0.178 e. The van der Waals surface area contributed by atoms with E-state index in [1.165, 1.54) is 17.7 Å². The second-order valence-electron chi connectivity index (χ2n) is 12.0. The largest absolute Gasteiger partial charge is 0.379 e. The molecule has 1 aliphatic heterocycles. The van der Waals surface area contributed by atoms with Crippen LogP contribution in [-0.4, -0.2) is 57.7 Å². The molecule has 2 fully saturated rings. The quantitative estimate of drug-likeness (QED) is 0.248. The van der Waals surface area contributed by atoms with Crippen molar-refractivity contribution in [3.63, 3.8) is 0 Å². The number of morpholine rings is 1. The van der Waals surface area contributed by atoms with Crippen molar-refractivity contribution in [1.82, 2.24) is 4.90 Å². The number of rotatable bonds is 11. The molecular formula is C35H42FNO4S. The van der Waals surface area contributed by atoms with Gasteiger partial charge >= 0.3 is 0 Å². The first-order valence-electron chi connectivity index (χ1n) is 15.3. The highest BCUT2D eigenvalue weighted by molar-refractivity contribution is 7.91. The highest BCUT2D eigenvalue weighted by atomic mass is 32.2. The SMILES string of the molecule is C[C@@H](CC(=O)C1CCC(CS(=O)(=O)c2ccc(-c3ccc(CCN4CCOCC4)cc3)cc2)CC1)c1ccc(F)cc1. The van der Waals surface area contributed by atoms with Crippen molar-refractivity contribution in [3.05, 3.63) is 89.7 Å². The molecule has 1 atom stereocenters. The van der Waals surface area contributed by atoms with E-state index in [9.17, 15) is 17.6 Å². The fourth-order valence-corrected chi connectivity index (χ4v) is 7.96. The first-order valence-corrected chi connectivity index (χ1v) is 16.9. The number of benzene rings is 3. The number of carbonyl (C=O) groups is 1. The summed E-state index contributed by atoms with van der Waals surface area (Å²) in [5.74, 6) is 0.167. The van der Waals surface area contributed by atoms with Crippen molar-refractivity contribution in [1.29, 1.82) is 0 Å². The molecule has 0 spiro atoms. The van der Waals surface area contributed by atoms with Gasteiger partial charge in [0.2, 0.25) is 0 Å². The van der Waals surface area contributed by atoms with E-state index in [1.807, 2.05) is 19.1 Å². The van der Waals surface area contributed by atoms with E-state index in [2.05, 4.69) is 29.2 Å². The Morgan fingerprint density at radius 3 is 2.10 bits per heavy atom. The van der Waals surface area contributed by atoms with Gasteiger partial charge in [0.05, 0.1) is 23.9 Å². The van der Waals surface area contributed by atoms with Gasteiger partial charge in [-0.25, -0.2) is 12.8 Å². The van der Waals surface area contributed by atoms with Crippen LogP contribution in [0.3, 0.4) is 0 Å². The molecule has 0 radical (unpaired) electrons. The molecule has 1 saturated heterocycles. The van der Waals surface area contributed by atoms with E-state index >= 15 is 0 Å². The van der Waals surface area contributed by atoms with E-state index in [1.54, 1.807) is 24.3 Å². The fourth-order valence-electron chi connectivity index (χ4n) is 6.27. The lowest BCUT2D eigenvalue weighted by Crippen LogP contribution is -2.37. The van der Waals surface area contributed by atoms with Crippen LogP contribution in [0.4, 0.5) is 4.39 Å². The van der Waals surface area contributed by atoms with Crippen molar-refractivity contribution in [2.45, 2.75) is 56.3 Å². The highest BCUT2D eigenvalue weighted by Gasteiger charge is 2.30. The molecule has 5 nitrogen and oxygen atoms in total. The van der Waals surface area contributed by atoms with Crippen LogP contribution in [0.25, 0.3) is 11.1 Å². The Kier molecular flexibility index (Phi) is 10.2. The van der Waals surface area contributed by atoms with Crippen molar-refractivity contribution in [2.24, 2.45) is 11.8 Å². The first kappa shape index (κ1) is 30.6. The average molecular weight is 592 g/mol. The Bertz CT molecular complexity index is 1410. The number of Topliss-reactive ketones (excluding diaryl/α,β-unsaturated/α-hetero) is 1. The maximum atomic E-state index is 13.2. The minimum Gasteiger partial charge on any atom is -0.379 e. The Labute approximate surface area is 250 Å². The Morgan fingerprint density at radius 1 is 0.881 bits per heavy atom. The third-order valence-corrected chi connectivity index (χ3v) is 10.9. The molecule has 2 aliphatic rings. The van der Waals surface area contributed by atoms with Gasteiger partial charge in [0.15, 0.2) is 9.84 Å². The summed E-state index contributed by atoms with van der Waals surface area (Å²) in [7, 11) is -3.41. The van der Waals surface area contributed by atoms with Crippen LogP contribution in [-0.2, 0) is 25.8 Å². The van der Waals surface area contributed by atoms with Gasteiger partial charge in [0.25, 0.3) is 0 Å². The molecule has 0 unspecified atom stereocenters. The predicted molar refractivity (Wildman–Crippen MR) is 165 cm³/mol. The zero-order valence-corrected chi connectivity index (χ0v) is 25.3. The lowest BCUT2D eigenvalue weighted by atomic mass is 9.78. The molecule has 7 heteroatoms. The van der Waals surface area contributed by atoms with Crippen LogP contribution in [0.15, 0.2) is 77.7 Å². The smallest absolute Gasteiger partial charge is 0.178 e. The standard InChI is InChI=1S/C35H42FNO4S/c1-26(29-10-14-33(36)15-11-29)24-35(38)32-8-4-28(5-9-32)25-42(39,40)34-16-12-31(13-17-34)30-6-2-27(3-7-30)18-19-37-20-22-41-23-21-37/h2-3,6-7,10-17,26,28,32H,4-5,8-9,18-25H2,1H3/t26-,28?,32?/m0/s1. The number of nitrogens with zero attached hydrogens (tertiary/aromatic N) is 1. The molecule has 1 heterocycles. The molecule has 0 N–H and O–H groups in total. The van der Waals surface area contributed by atoms with Gasteiger partial charge in [-0.05, 0) is 90.5 Å². The third-order valence-electron chi connectivity index (χ3n) is 9.02. The number of ether oxygens (including phenoxy) is 1. The van der Waals surface area contributed by atoms with E-state index in [4.69, 9.17) is 4.74 Å². The minimum absolute atomic E-state index is 0.0168. The molecule has 5 rings (SSSR count). The molecule has 224 valence electrons. The average Bonchev–Trinajstić information content (AvgIpc) is 3.01. The summed E-state index contributed by atoms with van der Waals surface area (Å²) >= 11 is 0. The summed E-state index contributed by atoms with van der Waals surface area (Å²) in [6.45, 7) is 6.64. The van der Waals surface area contributed by atoms with Crippen molar-refractivity contribution in [3.8, 4) is 11.1 Å². The number of carbonyl (C=O) groups excluding carboxylic acids is 1. The van der Waals surface area contributed by atoms with E-state index in [-0.39, 0.29) is 35.1 Å². The van der Waals surface area contributed by atoms with Crippen LogP contribution in [0, 0.1) is 17.7 Å². The third kappa shape index (κ3) is 8.15. The number of ketones is 1. The number of halogens is 1. The minimum atomic E-state index is -3.41. The van der Waals surface area contributed by atoms with Crippen LogP contribution in [0.1, 0.15) is 56.1 Å². The van der Waals surface area contributed by atoms with Crippen LogP contribution >= 0.6 is 0 Å². The summed E-state index contributed by atoms with van der Waals surface area (Å²) in [5.41, 5.74) is 4.34. The zero-order chi connectivity index (χ0) is 29.5. The second-order valence-corrected chi connectivity index (χ2v) is 14.1. The van der Waals surface area contributed by atoms with Crippen molar-refractivity contribution < 1.29 is 22.3 Å². The topological polar surface area (TPSA) is 63.7 Å². The highest BCUT2D eigenvalue weighted by Crippen LogP contribution is 2.34. The van der Waals surface area contributed by atoms with Gasteiger partial charge in [-0.3, -0.25) is 9.69 Å². The molecule has 0 aromatic heterocycles. The molecule has 3 aromatic rings. The Balaban J connectivity index is 1.09. The van der Waals surface area contributed by atoms with E-state index < -0.39 is 9.84 Å². The zero-order valence-electron chi connectivity index (χ0n) is 24.5. The summed E-state index contributed by atoms with van der Waals surface area (Å²) in [6.07, 6.45) is 4.39. The molecule has 1 saturated carbocycles. The Morgan fingerprint density at radius 2 is 1.48 bits per heavy atom. The van der Waals surface area contributed by atoms with Crippen molar-refractivity contribution >= 4 is 15.6 Å². The van der Waals surface area contributed by atoms with Crippen LogP contribution in [0.2, 0.25) is 0 Å². The van der Waals surface area contributed by atoms with Crippen LogP contribution in [0.5, 0.6) is 0 Å². The second kappa shape index (κ2) is 14.1. The van der Waals surface area contributed by atoms with Crippen LogP contribution < -0.4 is 0 Å². The Hall–Kier alpha value is -2.87. The van der Waals surface area contributed by atoms with Gasteiger partial charge in [-0.1, -0.05) is 55.5 Å². The van der Waals surface area contributed by atoms with Gasteiger partial charge in [-0.2, -0.15) is 0 Å². The van der Waals surface area contributed by atoms with Gasteiger partial charge in [0.1, 0.15) is 11.6 Å². The molecule has 0 amide bonds. The van der Waals surface area contributed by atoms with Crippen molar-refractivity contribution in [2.75, 3.05) is 38.6 Å². The fraction of sp³-hybridized carbons (Fsp3) is 0.457. The molecule has 42 heavy (non-hydrogen) atoms. The molecule has 3 aromatic carbocycles. The summed E-state index contributed by atoms with van der Waals surface area (Å²) in [5, 5.41) is 0. The van der Waals surface area contributed by atoms with Gasteiger partial charge in [-0.15, -0.1) is 0 Å². The van der Waals surface area contributed by atoms with E-state index in [0.717, 1.165) is 81.6 Å². The predicted octanol–water partition coefficient (Wildman–Crippen LogP) is 6.71. The van der Waals surface area contributed by atoms with Gasteiger partial charge < -0.3 is 4.74 Å². The summed E-state index contributed by atoms with van der Waals surface area (Å²) < 4.78 is 45.1.